The molecule has 0 saturated carbocycles. The Morgan fingerprint density at radius 1 is 1.40 bits per heavy atom. The summed E-state index contributed by atoms with van der Waals surface area (Å²) in [7, 11) is 0. The van der Waals surface area contributed by atoms with Gasteiger partial charge in [-0.15, -0.1) is 0 Å². The molecule has 2 rings (SSSR count). The SMILES string of the molecule is CCCOc1nc(NN)nc(NCC2(O)CCOC2)n1. The van der Waals surface area contributed by atoms with E-state index in [1.165, 1.54) is 0 Å². The highest BCUT2D eigenvalue weighted by Crippen LogP contribution is 2.19. The minimum atomic E-state index is -0.895. The second-order valence-corrected chi connectivity index (χ2v) is 4.64. The van der Waals surface area contributed by atoms with Gasteiger partial charge in [0, 0.05) is 19.6 Å². The number of nitrogens with one attached hydrogen (secondary N) is 2. The second-order valence-electron chi connectivity index (χ2n) is 4.64. The van der Waals surface area contributed by atoms with Gasteiger partial charge >= 0.3 is 6.01 Å². The molecule has 20 heavy (non-hydrogen) atoms. The number of nitrogen functional groups attached to an aromatic ring is 1. The average Bonchev–Trinajstić information content (AvgIpc) is 2.90. The highest BCUT2D eigenvalue weighted by Gasteiger charge is 2.32. The van der Waals surface area contributed by atoms with Gasteiger partial charge in [-0.05, 0) is 6.42 Å². The quantitative estimate of drug-likeness (QED) is 0.387. The highest BCUT2D eigenvalue weighted by atomic mass is 16.5. The van der Waals surface area contributed by atoms with Crippen LogP contribution in [0.4, 0.5) is 11.9 Å². The Hall–Kier alpha value is -1.71. The Balaban J connectivity index is 2.01. The first-order chi connectivity index (χ1) is 9.65. The molecule has 0 radical (unpaired) electrons. The van der Waals surface area contributed by atoms with Gasteiger partial charge in [0.05, 0.1) is 13.2 Å². The summed E-state index contributed by atoms with van der Waals surface area (Å²) in [5.41, 5.74) is 1.46. The van der Waals surface area contributed by atoms with Crippen molar-refractivity contribution >= 4 is 11.9 Å². The summed E-state index contributed by atoms with van der Waals surface area (Å²) in [6.07, 6.45) is 1.42. The molecule has 9 heteroatoms. The molecule has 0 bridgehead atoms. The molecule has 1 atom stereocenters. The van der Waals surface area contributed by atoms with Gasteiger partial charge < -0.3 is 19.9 Å². The van der Waals surface area contributed by atoms with Crippen LogP contribution in [0.3, 0.4) is 0 Å². The van der Waals surface area contributed by atoms with Gasteiger partial charge in [0.1, 0.15) is 5.60 Å². The van der Waals surface area contributed by atoms with Crippen molar-refractivity contribution in [2.75, 3.05) is 37.1 Å². The Bertz CT molecular complexity index is 438. The molecule has 9 nitrogen and oxygen atoms in total. The maximum absolute atomic E-state index is 10.2. The zero-order valence-electron chi connectivity index (χ0n) is 11.4. The molecule has 2 heterocycles. The van der Waals surface area contributed by atoms with Gasteiger partial charge in [-0.2, -0.15) is 15.0 Å². The van der Waals surface area contributed by atoms with Crippen LogP contribution in [0.25, 0.3) is 0 Å². The van der Waals surface area contributed by atoms with Gasteiger partial charge in [-0.1, -0.05) is 6.92 Å². The Morgan fingerprint density at radius 2 is 2.20 bits per heavy atom. The van der Waals surface area contributed by atoms with Gasteiger partial charge in [0.15, 0.2) is 0 Å². The molecule has 1 saturated heterocycles. The van der Waals surface area contributed by atoms with Crippen LogP contribution in [0.2, 0.25) is 0 Å². The third kappa shape index (κ3) is 3.89. The summed E-state index contributed by atoms with van der Waals surface area (Å²) in [5.74, 6) is 5.79. The minimum Gasteiger partial charge on any atom is -0.463 e. The fourth-order valence-electron chi connectivity index (χ4n) is 1.74. The summed E-state index contributed by atoms with van der Waals surface area (Å²) < 4.78 is 10.5. The molecular formula is C11H20N6O3. The molecule has 0 aromatic carbocycles. The molecule has 5 N–H and O–H groups in total. The molecule has 0 spiro atoms. The summed E-state index contributed by atoms with van der Waals surface area (Å²) in [4.78, 5) is 12.1. The third-order valence-corrected chi connectivity index (χ3v) is 2.84. The van der Waals surface area contributed by atoms with E-state index < -0.39 is 5.60 Å². The maximum atomic E-state index is 10.2. The number of nitrogens with two attached hydrogens (primary N) is 1. The number of nitrogens with zero attached hydrogens (tertiary/aromatic N) is 3. The number of aromatic nitrogens is 3. The fraction of sp³-hybridized carbons (Fsp3) is 0.727. The summed E-state index contributed by atoms with van der Waals surface area (Å²) in [6, 6.07) is 0.187. The van der Waals surface area contributed by atoms with Crippen LogP contribution < -0.4 is 21.3 Å². The van der Waals surface area contributed by atoms with Gasteiger partial charge in [0.25, 0.3) is 0 Å². The lowest BCUT2D eigenvalue weighted by atomic mass is 10.0. The molecule has 1 fully saturated rings. The molecule has 1 aliphatic heterocycles. The number of ether oxygens (including phenoxy) is 2. The number of hydrogen-bond donors (Lipinski definition) is 4. The first-order valence-electron chi connectivity index (χ1n) is 6.55. The van der Waals surface area contributed by atoms with Crippen LogP contribution in [0.1, 0.15) is 19.8 Å². The van der Waals surface area contributed by atoms with Crippen molar-refractivity contribution in [2.24, 2.45) is 5.84 Å². The molecule has 1 aliphatic rings. The zero-order valence-corrected chi connectivity index (χ0v) is 11.4. The maximum Gasteiger partial charge on any atom is 0.323 e. The molecular weight excluding hydrogens is 264 g/mol. The van der Waals surface area contributed by atoms with E-state index in [4.69, 9.17) is 15.3 Å². The highest BCUT2D eigenvalue weighted by molar-refractivity contribution is 5.35. The molecule has 1 aromatic heterocycles. The van der Waals surface area contributed by atoms with Crippen LogP contribution in [0.15, 0.2) is 0 Å². The number of anilines is 2. The summed E-state index contributed by atoms with van der Waals surface area (Å²) >= 11 is 0. The van der Waals surface area contributed by atoms with Gasteiger partial charge in [-0.3, -0.25) is 5.43 Å². The third-order valence-electron chi connectivity index (χ3n) is 2.84. The van der Waals surface area contributed by atoms with Gasteiger partial charge in [-0.25, -0.2) is 5.84 Å². The van der Waals surface area contributed by atoms with Crippen LogP contribution in [-0.4, -0.2) is 52.0 Å². The predicted molar refractivity (Wildman–Crippen MR) is 72.3 cm³/mol. The van der Waals surface area contributed by atoms with Crippen LogP contribution in [-0.2, 0) is 4.74 Å². The van der Waals surface area contributed by atoms with Crippen molar-refractivity contribution in [3.8, 4) is 6.01 Å². The van der Waals surface area contributed by atoms with E-state index in [1.807, 2.05) is 6.92 Å². The Labute approximate surface area is 116 Å². The van der Waals surface area contributed by atoms with Crippen LogP contribution in [0.5, 0.6) is 6.01 Å². The Morgan fingerprint density at radius 3 is 2.85 bits per heavy atom. The van der Waals surface area contributed by atoms with E-state index in [-0.39, 0.29) is 18.5 Å². The molecule has 0 aliphatic carbocycles. The van der Waals surface area contributed by atoms with Crippen LogP contribution in [0, 0.1) is 0 Å². The zero-order chi connectivity index (χ0) is 14.4. The molecule has 1 unspecified atom stereocenters. The first kappa shape index (κ1) is 14.7. The van der Waals surface area contributed by atoms with E-state index in [1.54, 1.807) is 0 Å². The number of rotatable bonds is 7. The van der Waals surface area contributed by atoms with Crippen molar-refractivity contribution in [2.45, 2.75) is 25.4 Å². The van der Waals surface area contributed by atoms with E-state index in [9.17, 15) is 5.11 Å². The van der Waals surface area contributed by atoms with Crippen molar-refractivity contribution in [1.82, 2.24) is 15.0 Å². The minimum absolute atomic E-state index is 0.187. The lowest BCUT2D eigenvalue weighted by Crippen LogP contribution is -2.37. The number of aliphatic hydroxyl groups is 1. The van der Waals surface area contributed by atoms with Crippen molar-refractivity contribution in [3.05, 3.63) is 0 Å². The van der Waals surface area contributed by atoms with Crippen molar-refractivity contribution in [1.29, 1.82) is 0 Å². The van der Waals surface area contributed by atoms with Crippen molar-refractivity contribution in [3.63, 3.8) is 0 Å². The second kappa shape index (κ2) is 6.64. The predicted octanol–water partition coefficient (Wildman–Crippen LogP) is -0.491. The molecule has 0 amide bonds. The normalized spacial score (nSPS) is 21.8. The van der Waals surface area contributed by atoms with Gasteiger partial charge in [0.2, 0.25) is 11.9 Å². The summed E-state index contributed by atoms with van der Waals surface area (Å²) in [5, 5.41) is 13.1. The average molecular weight is 284 g/mol. The largest absolute Gasteiger partial charge is 0.463 e. The van der Waals surface area contributed by atoms with Crippen molar-refractivity contribution < 1.29 is 14.6 Å². The smallest absolute Gasteiger partial charge is 0.323 e. The molecule has 112 valence electrons. The number of hydrogen-bond acceptors (Lipinski definition) is 9. The Kier molecular flexibility index (Phi) is 4.88. The first-order valence-corrected chi connectivity index (χ1v) is 6.55. The topological polar surface area (TPSA) is 127 Å². The lowest BCUT2D eigenvalue weighted by molar-refractivity contribution is 0.0380. The standard InChI is InChI=1S/C11H20N6O3/c1-2-4-20-10-15-8(14-9(16-10)17-12)13-6-11(18)3-5-19-7-11/h18H,2-7,12H2,1H3,(H2,13,14,15,16,17). The number of hydrazine groups is 1. The van der Waals surface area contributed by atoms with E-state index in [0.29, 0.717) is 32.2 Å². The monoisotopic (exact) mass is 284 g/mol. The van der Waals surface area contributed by atoms with E-state index >= 15 is 0 Å². The molecule has 1 aromatic rings. The van der Waals surface area contributed by atoms with E-state index in [2.05, 4.69) is 25.7 Å². The lowest BCUT2D eigenvalue weighted by Gasteiger charge is -2.20. The summed E-state index contributed by atoms with van der Waals surface area (Å²) in [6.45, 7) is 3.62. The van der Waals surface area contributed by atoms with E-state index in [0.717, 1.165) is 6.42 Å². The fourth-order valence-corrected chi connectivity index (χ4v) is 1.74. The van der Waals surface area contributed by atoms with Crippen LogP contribution >= 0.6 is 0 Å².